The lowest BCUT2D eigenvalue weighted by atomic mass is 9.89. The van der Waals surface area contributed by atoms with Crippen LogP contribution in [0.1, 0.15) is 30.1 Å². The molecule has 0 unspecified atom stereocenters. The molecule has 3 N–H and O–H groups in total. The zero-order valence-electron chi connectivity index (χ0n) is 15.7. The first-order valence-corrected chi connectivity index (χ1v) is 9.44. The van der Waals surface area contributed by atoms with Crippen molar-refractivity contribution in [2.75, 3.05) is 18.8 Å². The number of nitrogen functional groups attached to an aromatic ring is 1. The van der Waals surface area contributed by atoms with E-state index in [0.717, 1.165) is 37.1 Å². The summed E-state index contributed by atoms with van der Waals surface area (Å²) in [5, 5.41) is 14.5. The van der Waals surface area contributed by atoms with Gasteiger partial charge in [0.15, 0.2) is 5.82 Å². The summed E-state index contributed by atoms with van der Waals surface area (Å²) in [5.74, 6) is -0.0774. The molecule has 3 heterocycles. The fourth-order valence-electron chi connectivity index (χ4n) is 3.59. The van der Waals surface area contributed by atoms with Gasteiger partial charge in [-0.3, -0.25) is 0 Å². The van der Waals surface area contributed by atoms with Gasteiger partial charge in [-0.1, -0.05) is 24.3 Å². The van der Waals surface area contributed by atoms with Crippen LogP contribution >= 0.6 is 0 Å². The van der Waals surface area contributed by atoms with Crippen molar-refractivity contribution in [1.82, 2.24) is 30.5 Å². The highest BCUT2D eigenvalue weighted by atomic mass is 19.2. The molecule has 0 atom stereocenters. The summed E-state index contributed by atoms with van der Waals surface area (Å²) in [6, 6.07) is 10.2. The summed E-state index contributed by atoms with van der Waals surface area (Å²) >= 11 is 0. The van der Waals surface area contributed by atoms with Crippen molar-refractivity contribution < 1.29 is 8.78 Å². The number of tetrazole rings is 1. The molecule has 150 valence electrons. The lowest BCUT2D eigenvalue weighted by Crippen LogP contribution is -2.26. The average molecular weight is 397 g/mol. The fraction of sp³-hybridized carbons (Fsp3) is 0.300. The Morgan fingerprint density at radius 2 is 1.97 bits per heavy atom. The minimum absolute atomic E-state index is 0.110. The second-order valence-corrected chi connectivity index (χ2v) is 7.01. The Hall–Kier alpha value is -3.20. The Kier molecular flexibility index (Phi) is 5.57. The van der Waals surface area contributed by atoms with E-state index in [1.54, 1.807) is 12.3 Å². The molecule has 1 aromatic carbocycles. The summed E-state index contributed by atoms with van der Waals surface area (Å²) in [5.41, 5.74) is 9.54. The monoisotopic (exact) mass is 397 g/mol. The van der Waals surface area contributed by atoms with Crippen molar-refractivity contribution in [3.63, 3.8) is 0 Å². The normalized spacial score (nSPS) is 15.6. The average Bonchev–Trinajstić information content (AvgIpc) is 3.22. The van der Waals surface area contributed by atoms with Crippen LogP contribution in [0.5, 0.6) is 0 Å². The summed E-state index contributed by atoms with van der Waals surface area (Å²) in [6.45, 7) is 2.09. The predicted octanol–water partition coefficient (Wildman–Crippen LogP) is 3.10. The molecule has 0 saturated carbocycles. The largest absolute Gasteiger partial charge is 0.382 e. The number of aromatic nitrogens is 5. The first-order valence-electron chi connectivity index (χ1n) is 9.44. The summed E-state index contributed by atoms with van der Waals surface area (Å²) < 4.78 is 27.0. The first kappa shape index (κ1) is 19.1. The van der Waals surface area contributed by atoms with E-state index in [0.29, 0.717) is 11.6 Å². The summed E-state index contributed by atoms with van der Waals surface area (Å²) in [7, 11) is 0. The molecule has 0 spiro atoms. The summed E-state index contributed by atoms with van der Waals surface area (Å²) in [4.78, 5) is 4.23. The lowest BCUT2D eigenvalue weighted by molar-refractivity contribution is 0.460. The van der Waals surface area contributed by atoms with Crippen LogP contribution in [0.3, 0.4) is 0 Å². The van der Waals surface area contributed by atoms with E-state index in [-0.39, 0.29) is 24.4 Å². The van der Waals surface area contributed by atoms with Gasteiger partial charge in [0.1, 0.15) is 23.7 Å². The van der Waals surface area contributed by atoms with Crippen molar-refractivity contribution in [2.45, 2.75) is 25.2 Å². The molecular formula is C20H21F2N7. The lowest BCUT2D eigenvalue weighted by Gasteiger charge is -2.23. The molecule has 0 aliphatic carbocycles. The number of nitrogens with two attached hydrogens (primary N) is 1. The maximum atomic E-state index is 13.4. The van der Waals surface area contributed by atoms with E-state index >= 15 is 0 Å². The Balaban J connectivity index is 1.63. The number of nitrogens with zero attached hydrogens (tertiary/aromatic N) is 5. The van der Waals surface area contributed by atoms with Gasteiger partial charge in [0.25, 0.3) is 0 Å². The summed E-state index contributed by atoms with van der Waals surface area (Å²) in [6.07, 6.45) is 3.46. The highest BCUT2D eigenvalue weighted by Crippen LogP contribution is 2.29. The maximum Gasteiger partial charge on any atom is 0.163 e. The van der Waals surface area contributed by atoms with Gasteiger partial charge in [-0.2, -0.15) is 4.68 Å². The molecule has 1 saturated heterocycles. The van der Waals surface area contributed by atoms with E-state index in [1.807, 2.05) is 0 Å². The third kappa shape index (κ3) is 4.14. The van der Waals surface area contributed by atoms with Crippen LogP contribution in [0.15, 0.2) is 48.7 Å². The molecule has 9 heteroatoms. The molecule has 1 aliphatic heterocycles. The molecule has 2 aromatic heterocycles. The third-order valence-corrected chi connectivity index (χ3v) is 5.16. The number of nitrogens with one attached hydrogen (secondary N) is 1. The van der Waals surface area contributed by atoms with Gasteiger partial charge in [0.2, 0.25) is 0 Å². The quantitative estimate of drug-likeness (QED) is 0.687. The van der Waals surface area contributed by atoms with Crippen molar-refractivity contribution in [1.29, 1.82) is 0 Å². The van der Waals surface area contributed by atoms with E-state index in [1.165, 1.54) is 10.2 Å². The molecule has 4 rings (SSSR count). The van der Waals surface area contributed by atoms with Crippen LogP contribution in [0.4, 0.5) is 14.6 Å². The molecule has 3 aromatic rings. The zero-order valence-corrected chi connectivity index (χ0v) is 15.7. The van der Waals surface area contributed by atoms with Crippen LogP contribution in [0.25, 0.3) is 16.8 Å². The fourth-order valence-corrected chi connectivity index (χ4v) is 3.59. The van der Waals surface area contributed by atoms with Crippen LogP contribution < -0.4 is 11.1 Å². The maximum absolute atomic E-state index is 13.4. The highest BCUT2D eigenvalue weighted by Gasteiger charge is 2.17. The second-order valence-electron chi connectivity index (χ2n) is 7.01. The van der Waals surface area contributed by atoms with Crippen LogP contribution in [-0.4, -0.2) is 38.3 Å². The second kappa shape index (κ2) is 8.44. The number of halogens is 2. The van der Waals surface area contributed by atoms with Crippen molar-refractivity contribution >= 4 is 5.82 Å². The van der Waals surface area contributed by atoms with E-state index < -0.39 is 5.83 Å². The molecule has 7 nitrogen and oxygen atoms in total. The van der Waals surface area contributed by atoms with E-state index in [9.17, 15) is 8.78 Å². The number of hydrogen-bond donors (Lipinski definition) is 2. The Labute approximate surface area is 166 Å². The van der Waals surface area contributed by atoms with Crippen molar-refractivity contribution in [3.05, 3.63) is 60.1 Å². The standard InChI is InChI=1S/C20H21F2N7/c21-11-17(22)10-19-26-27-28-29(19)18-9-16(12-25-20(18)23)14-3-1-13(2-4-14)15-5-7-24-8-6-15/h1-4,9,11-12,15,24H,5-8,10H2,(H2,23,25)/b17-11-. The topological polar surface area (TPSA) is 94.5 Å². The molecular weight excluding hydrogens is 376 g/mol. The molecule has 0 radical (unpaired) electrons. The number of benzene rings is 1. The molecule has 0 bridgehead atoms. The van der Waals surface area contributed by atoms with Crippen LogP contribution in [-0.2, 0) is 6.42 Å². The molecule has 0 amide bonds. The van der Waals surface area contributed by atoms with E-state index in [2.05, 4.69) is 50.1 Å². The minimum atomic E-state index is -0.975. The highest BCUT2D eigenvalue weighted by molar-refractivity contribution is 5.69. The molecule has 1 aliphatic rings. The van der Waals surface area contributed by atoms with Gasteiger partial charge in [-0.15, -0.1) is 5.10 Å². The van der Waals surface area contributed by atoms with Gasteiger partial charge in [-0.05, 0) is 59.5 Å². The number of anilines is 1. The smallest absolute Gasteiger partial charge is 0.163 e. The van der Waals surface area contributed by atoms with Crippen molar-refractivity contribution in [3.8, 4) is 16.8 Å². The van der Waals surface area contributed by atoms with Gasteiger partial charge < -0.3 is 11.1 Å². The number of allylic oxidation sites excluding steroid dienone is 1. The number of piperidine rings is 1. The SMILES string of the molecule is Nc1ncc(-c2ccc(C3CCNCC3)cc2)cc1-n1nnnc1C/C(F)=C/F. The Morgan fingerprint density at radius 3 is 2.69 bits per heavy atom. The van der Waals surface area contributed by atoms with Gasteiger partial charge in [0.05, 0.1) is 6.42 Å². The number of pyridine rings is 1. The molecule has 29 heavy (non-hydrogen) atoms. The Bertz CT molecular complexity index is 1010. The number of hydrogen-bond acceptors (Lipinski definition) is 6. The van der Waals surface area contributed by atoms with Crippen LogP contribution in [0, 0.1) is 0 Å². The molecule has 1 fully saturated rings. The van der Waals surface area contributed by atoms with Gasteiger partial charge in [-0.25, -0.2) is 13.8 Å². The number of rotatable bonds is 5. The Morgan fingerprint density at radius 1 is 1.21 bits per heavy atom. The zero-order chi connectivity index (χ0) is 20.2. The minimum Gasteiger partial charge on any atom is -0.382 e. The van der Waals surface area contributed by atoms with Crippen LogP contribution in [0.2, 0.25) is 0 Å². The first-order chi connectivity index (χ1) is 14.2. The third-order valence-electron chi connectivity index (χ3n) is 5.16. The van der Waals surface area contributed by atoms with E-state index in [4.69, 9.17) is 5.73 Å². The van der Waals surface area contributed by atoms with Crippen molar-refractivity contribution in [2.24, 2.45) is 0 Å². The van der Waals surface area contributed by atoms with Gasteiger partial charge in [0, 0.05) is 11.8 Å². The predicted molar refractivity (Wildman–Crippen MR) is 106 cm³/mol. The van der Waals surface area contributed by atoms with Gasteiger partial charge >= 0.3 is 0 Å².